The van der Waals surface area contributed by atoms with Crippen molar-refractivity contribution in [3.8, 4) is 0 Å². The SMILES string of the molecule is CC(NCC(C)C(C)(C)C)c1cscn1. The molecule has 0 aromatic carbocycles. The number of aromatic nitrogens is 1. The van der Waals surface area contributed by atoms with E-state index in [0.29, 0.717) is 17.4 Å². The third kappa shape index (κ3) is 3.92. The molecule has 1 rings (SSSR count). The van der Waals surface area contributed by atoms with Crippen LogP contribution in [-0.2, 0) is 0 Å². The van der Waals surface area contributed by atoms with Gasteiger partial charge in [-0.15, -0.1) is 11.3 Å². The Morgan fingerprint density at radius 2 is 2.07 bits per heavy atom. The first-order chi connectivity index (χ1) is 6.91. The molecule has 1 N–H and O–H groups in total. The molecule has 0 spiro atoms. The van der Waals surface area contributed by atoms with E-state index in [1.165, 1.54) is 0 Å². The molecule has 1 aromatic rings. The summed E-state index contributed by atoms with van der Waals surface area (Å²) in [6.07, 6.45) is 0. The van der Waals surface area contributed by atoms with Crippen LogP contribution in [0.1, 0.15) is 46.4 Å². The van der Waals surface area contributed by atoms with E-state index in [-0.39, 0.29) is 0 Å². The molecule has 2 unspecified atom stereocenters. The summed E-state index contributed by atoms with van der Waals surface area (Å²) in [7, 11) is 0. The Bertz CT molecular complexity index is 274. The van der Waals surface area contributed by atoms with Gasteiger partial charge in [0.25, 0.3) is 0 Å². The second-order valence-corrected chi connectivity index (χ2v) is 6.03. The van der Waals surface area contributed by atoms with Gasteiger partial charge in [-0.3, -0.25) is 0 Å². The molecular weight excluding hydrogens is 204 g/mol. The van der Waals surface area contributed by atoms with Gasteiger partial charge in [-0.25, -0.2) is 4.98 Å². The summed E-state index contributed by atoms with van der Waals surface area (Å²) in [5.74, 6) is 0.665. The molecule has 86 valence electrons. The molecule has 0 aliphatic heterocycles. The van der Waals surface area contributed by atoms with Gasteiger partial charge >= 0.3 is 0 Å². The fourth-order valence-electron chi connectivity index (χ4n) is 1.20. The summed E-state index contributed by atoms with van der Waals surface area (Å²) in [5.41, 5.74) is 3.41. The molecule has 0 bridgehead atoms. The lowest BCUT2D eigenvalue weighted by molar-refractivity contribution is 0.246. The van der Waals surface area contributed by atoms with E-state index in [2.05, 4.69) is 50.3 Å². The van der Waals surface area contributed by atoms with Gasteiger partial charge in [0.1, 0.15) is 0 Å². The van der Waals surface area contributed by atoms with Crippen LogP contribution in [0.3, 0.4) is 0 Å². The molecule has 2 nitrogen and oxygen atoms in total. The zero-order valence-corrected chi connectivity index (χ0v) is 11.2. The molecule has 0 saturated carbocycles. The fourth-order valence-corrected chi connectivity index (χ4v) is 1.85. The largest absolute Gasteiger partial charge is 0.309 e. The normalized spacial score (nSPS) is 16.3. The van der Waals surface area contributed by atoms with Gasteiger partial charge in [0.15, 0.2) is 0 Å². The Balaban J connectivity index is 2.38. The Morgan fingerprint density at radius 3 is 2.53 bits per heavy atom. The number of nitrogens with zero attached hydrogens (tertiary/aromatic N) is 1. The van der Waals surface area contributed by atoms with Crippen LogP contribution in [0.2, 0.25) is 0 Å². The number of rotatable bonds is 4. The van der Waals surface area contributed by atoms with Crippen LogP contribution in [0.4, 0.5) is 0 Å². The van der Waals surface area contributed by atoms with Gasteiger partial charge in [0.05, 0.1) is 11.2 Å². The van der Waals surface area contributed by atoms with E-state index in [9.17, 15) is 0 Å². The summed E-state index contributed by atoms with van der Waals surface area (Å²) >= 11 is 1.66. The molecule has 0 amide bonds. The highest BCUT2D eigenvalue weighted by Gasteiger charge is 2.20. The standard InChI is InChI=1S/C12H22N2S/c1-9(12(3,4)5)6-13-10(2)11-7-15-8-14-11/h7-10,13H,6H2,1-5H3. The van der Waals surface area contributed by atoms with Crippen molar-refractivity contribution in [2.24, 2.45) is 11.3 Å². The molecule has 2 atom stereocenters. The van der Waals surface area contributed by atoms with Crippen LogP contribution in [0.25, 0.3) is 0 Å². The van der Waals surface area contributed by atoms with E-state index in [0.717, 1.165) is 12.2 Å². The average Bonchev–Trinajstić information content (AvgIpc) is 2.64. The molecule has 1 aromatic heterocycles. The van der Waals surface area contributed by atoms with Crippen LogP contribution in [0, 0.1) is 11.3 Å². The second kappa shape index (κ2) is 5.08. The summed E-state index contributed by atoms with van der Waals surface area (Å²) in [4.78, 5) is 4.31. The van der Waals surface area contributed by atoms with Crippen LogP contribution in [0.15, 0.2) is 10.9 Å². The first-order valence-electron chi connectivity index (χ1n) is 5.52. The highest BCUT2D eigenvalue weighted by Crippen LogP contribution is 2.25. The van der Waals surface area contributed by atoms with E-state index in [1.807, 2.05) is 5.51 Å². The van der Waals surface area contributed by atoms with Crippen molar-refractivity contribution in [1.29, 1.82) is 0 Å². The lowest BCUT2D eigenvalue weighted by Gasteiger charge is -2.28. The topological polar surface area (TPSA) is 24.9 Å². The molecule has 1 heterocycles. The molecule has 0 fully saturated rings. The minimum Gasteiger partial charge on any atom is -0.309 e. The third-order valence-electron chi connectivity index (χ3n) is 3.10. The molecule has 0 radical (unpaired) electrons. The van der Waals surface area contributed by atoms with Gasteiger partial charge < -0.3 is 5.32 Å². The van der Waals surface area contributed by atoms with Crippen molar-refractivity contribution in [2.75, 3.05) is 6.54 Å². The van der Waals surface area contributed by atoms with Gasteiger partial charge in [0, 0.05) is 11.4 Å². The first kappa shape index (κ1) is 12.7. The number of nitrogens with one attached hydrogen (secondary N) is 1. The Kier molecular flexibility index (Phi) is 4.29. The average molecular weight is 226 g/mol. The summed E-state index contributed by atoms with van der Waals surface area (Å²) < 4.78 is 0. The van der Waals surface area contributed by atoms with Gasteiger partial charge in [-0.05, 0) is 24.8 Å². The molecule has 0 aliphatic carbocycles. The zero-order chi connectivity index (χ0) is 11.5. The van der Waals surface area contributed by atoms with E-state index in [1.54, 1.807) is 11.3 Å². The highest BCUT2D eigenvalue weighted by atomic mass is 32.1. The Morgan fingerprint density at radius 1 is 1.40 bits per heavy atom. The van der Waals surface area contributed by atoms with Gasteiger partial charge in [-0.1, -0.05) is 27.7 Å². The minimum atomic E-state index is 0.362. The molecule has 0 saturated heterocycles. The van der Waals surface area contributed by atoms with E-state index >= 15 is 0 Å². The molecule has 0 aliphatic rings. The summed E-state index contributed by atoms with van der Waals surface area (Å²) in [6, 6.07) is 0.362. The van der Waals surface area contributed by atoms with Crippen molar-refractivity contribution in [2.45, 2.75) is 40.7 Å². The van der Waals surface area contributed by atoms with E-state index < -0.39 is 0 Å². The van der Waals surface area contributed by atoms with Crippen LogP contribution < -0.4 is 5.32 Å². The molecule has 3 heteroatoms. The Labute approximate surface area is 97.1 Å². The van der Waals surface area contributed by atoms with Crippen molar-refractivity contribution in [3.63, 3.8) is 0 Å². The smallest absolute Gasteiger partial charge is 0.0795 e. The van der Waals surface area contributed by atoms with Crippen LogP contribution in [0.5, 0.6) is 0 Å². The van der Waals surface area contributed by atoms with Gasteiger partial charge in [0.2, 0.25) is 0 Å². The summed E-state index contributed by atoms with van der Waals surface area (Å²) in [5, 5.41) is 5.65. The monoisotopic (exact) mass is 226 g/mol. The first-order valence-corrected chi connectivity index (χ1v) is 6.47. The fraction of sp³-hybridized carbons (Fsp3) is 0.750. The van der Waals surface area contributed by atoms with Crippen LogP contribution >= 0.6 is 11.3 Å². The number of hydrogen-bond donors (Lipinski definition) is 1. The van der Waals surface area contributed by atoms with Crippen LogP contribution in [-0.4, -0.2) is 11.5 Å². The van der Waals surface area contributed by atoms with Crippen molar-refractivity contribution in [3.05, 3.63) is 16.6 Å². The molecular formula is C12H22N2S. The predicted molar refractivity (Wildman–Crippen MR) is 67.2 cm³/mol. The number of thiazole rings is 1. The summed E-state index contributed by atoms with van der Waals surface area (Å²) in [6.45, 7) is 12.4. The predicted octanol–water partition coefficient (Wildman–Crippen LogP) is 3.48. The van der Waals surface area contributed by atoms with Crippen molar-refractivity contribution < 1.29 is 0 Å². The zero-order valence-electron chi connectivity index (χ0n) is 10.4. The minimum absolute atomic E-state index is 0.362. The second-order valence-electron chi connectivity index (χ2n) is 5.31. The number of hydrogen-bond acceptors (Lipinski definition) is 3. The van der Waals surface area contributed by atoms with Gasteiger partial charge in [-0.2, -0.15) is 0 Å². The third-order valence-corrected chi connectivity index (χ3v) is 3.71. The van der Waals surface area contributed by atoms with Crippen molar-refractivity contribution >= 4 is 11.3 Å². The quantitative estimate of drug-likeness (QED) is 0.850. The maximum atomic E-state index is 4.31. The Hall–Kier alpha value is -0.410. The van der Waals surface area contributed by atoms with Crippen molar-refractivity contribution in [1.82, 2.24) is 10.3 Å². The maximum absolute atomic E-state index is 4.31. The lowest BCUT2D eigenvalue weighted by atomic mass is 9.82. The van der Waals surface area contributed by atoms with E-state index in [4.69, 9.17) is 0 Å². The lowest BCUT2D eigenvalue weighted by Crippen LogP contribution is -2.31. The highest BCUT2D eigenvalue weighted by molar-refractivity contribution is 7.07. The maximum Gasteiger partial charge on any atom is 0.0795 e. The molecule has 15 heavy (non-hydrogen) atoms.